The molecule has 0 heterocycles. The molecule has 0 radical (unpaired) electrons. The average molecular weight is 289 g/mol. The lowest BCUT2D eigenvalue weighted by Gasteiger charge is -2.14. The SMILES string of the molecule is CC(Cc1cccc(Cl)c1)NC(=O)c1cccc(N)c1. The maximum Gasteiger partial charge on any atom is 0.251 e. The van der Waals surface area contributed by atoms with Gasteiger partial charge < -0.3 is 11.1 Å². The number of nitrogens with one attached hydrogen (secondary N) is 1. The smallest absolute Gasteiger partial charge is 0.251 e. The highest BCUT2D eigenvalue weighted by molar-refractivity contribution is 6.30. The topological polar surface area (TPSA) is 55.1 Å². The molecule has 2 rings (SSSR count). The normalized spacial score (nSPS) is 11.9. The van der Waals surface area contributed by atoms with E-state index in [2.05, 4.69) is 5.32 Å². The molecule has 3 nitrogen and oxygen atoms in total. The van der Waals surface area contributed by atoms with Crippen molar-refractivity contribution in [2.75, 3.05) is 5.73 Å². The number of carbonyl (C=O) groups is 1. The van der Waals surface area contributed by atoms with Gasteiger partial charge in [-0.15, -0.1) is 0 Å². The summed E-state index contributed by atoms with van der Waals surface area (Å²) in [7, 11) is 0. The fourth-order valence-corrected chi connectivity index (χ4v) is 2.27. The Morgan fingerprint density at radius 1 is 1.25 bits per heavy atom. The number of hydrogen-bond donors (Lipinski definition) is 2. The molecular weight excluding hydrogens is 272 g/mol. The van der Waals surface area contributed by atoms with E-state index in [0.29, 0.717) is 16.3 Å². The number of rotatable bonds is 4. The molecule has 0 aliphatic rings. The number of anilines is 1. The average Bonchev–Trinajstić information content (AvgIpc) is 2.38. The summed E-state index contributed by atoms with van der Waals surface area (Å²) >= 11 is 5.95. The van der Waals surface area contributed by atoms with Crippen LogP contribution in [0.2, 0.25) is 5.02 Å². The third-order valence-electron chi connectivity index (χ3n) is 2.96. The quantitative estimate of drug-likeness (QED) is 0.848. The standard InChI is InChI=1S/C16H17ClN2O/c1-11(8-12-4-2-6-14(17)9-12)19-16(20)13-5-3-7-15(18)10-13/h2-7,9-11H,8,18H2,1H3,(H,19,20). The van der Waals surface area contributed by atoms with Crippen LogP contribution in [0, 0.1) is 0 Å². The van der Waals surface area contributed by atoms with Crippen LogP contribution in [0.1, 0.15) is 22.8 Å². The van der Waals surface area contributed by atoms with E-state index in [1.165, 1.54) is 0 Å². The Bertz CT molecular complexity index is 613. The van der Waals surface area contributed by atoms with Crippen molar-refractivity contribution in [1.29, 1.82) is 0 Å². The highest BCUT2D eigenvalue weighted by atomic mass is 35.5. The van der Waals surface area contributed by atoms with E-state index < -0.39 is 0 Å². The van der Waals surface area contributed by atoms with Gasteiger partial charge in [0.05, 0.1) is 0 Å². The lowest BCUT2D eigenvalue weighted by Crippen LogP contribution is -2.34. The number of amides is 1. The first-order valence-electron chi connectivity index (χ1n) is 6.45. The van der Waals surface area contributed by atoms with Crippen molar-refractivity contribution in [3.63, 3.8) is 0 Å². The Balaban J connectivity index is 1.97. The summed E-state index contributed by atoms with van der Waals surface area (Å²) in [5.41, 5.74) is 7.92. The highest BCUT2D eigenvalue weighted by Gasteiger charge is 2.10. The van der Waals surface area contributed by atoms with Gasteiger partial charge in [0.25, 0.3) is 5.91 Å². The van der Waals surface area contributed by atoms with Crippen LogP contribution in [0.25, 0.3) is 0 Å². The van der Waals surface area contributed by atoms with Gasteiger partial charge in [-0.2, -0.15) is 0 Å². The molecule has 0 aliphatic carbocycles. The highest BCUT2D eigenvalue weighted by Crippen LogP contribution is 2.13. The molecule has 3 N–H and O–H groups in total. The molecule has 0 saturated carbocycles. The number of hydrogen-bond acceptors (Lipinski definition) is 2. The van der Waals surface area contributed by atoms with E-state index in [1.807, 2.05) is 31.2 Å². The number of halogens is 1. The summed E-state index contributed by atoms with van der Waals surface area (Å²) in [5.74, 6) is -0.119. The fourth-order valence-electron chi connectivity index (χ4n) is 2.06. The van der Waals surface area contributed by atoms with Crippen LogP contribution in [0.3, 0.4) is 0 Å². The summed E-state index contributed by atoms with van der Waals surface area (Å²) in [4.78, 5) is 12.1. The molecule has 2 aromatic rings. The van der Waals surface area contributed by atoms with Gasteiger partial charge in [0, 0.05) is 22.3 Å². The summed E-state index contributed by atoms with van der Waals surface area (Å²) in [6.45, 7) is 1.96. The molecule has 0 bridgehead atoms. The third kappa shape index (κ3) is 4.00. The van der Waals surface area contributed by atoms with Crippen LogP contribution in [0.4, 0.5) is 5.69 Å². The van der Waals surface area contributed by atoms with Gasteiger partial charge >= 0.3 is 0 Å². The van der Waals surface area contributed by atoms with Gasteiger partial charge in [-0.25, -0.2) is 0 Å². The van der Waals surface area contributed by atoms with Gasteiger partial charge in [0.2, 0.25) is 0 Å². The van der Waals surface area contributed by atoms with Crippen LogP contribution in [0.15, 0.2) is 48.5 Å². The van der Waals surface area contributed by atoms with Gasteiger partial charge in [0.1, 0.15) is 0 Å². The zero-order chi connectivity index (χ0) is 14.5. The number of benzene rings is 2. The minimum absolute atomic E-state index is 0.0161. The second-order valence-electron chi connectivity index (χ2n) is 4.83. The molecule has 20 heavy (non-hydrogen) atoms. The van der Waals surface area contributed by atoms with E-state index in [0.717, 1.165) is 12.0 Å². The molecule has 0 spiro atoms. The Labute approximate surface area is 123 Å². The van der Waals surface area contributed by atoms with E-state index >= 15 is 0 Å². The Morgan fingerprint density at radius 3 is 2.70 bits per heavy atom. The van der Waals surface area contributed by atoms with Crippen molar-refractivity contribution in [2.45, 2.75) is 19.4 Å². The van der Waals surface area contributed by atoms with Crippen LogP contribution in [0.5, 0.6) is 0 Å². The van der Waals surface area contributed by atoms with Crippen LogP contribution in [-0.2, 0) is 6.42 Å². The van der Waals surface area contributed by atoms with Crippen molar-refractivity contribution < 1.29 is 4.79 Å². The van der Waals surface area contributed by atoms with Gasteiger partial charge in [-0.05, 0) is 49.2 Å². The lowest BCUT2D eigenvalue weighted by molar-refractivity contribution is 0.0940. The molecule has 1 amide bonds. The van der Waals surface area contributed by atoms with Crippen LogP contribution < -0.4 is 11.1 Å². The van der Waals surface area contributed by atoms with Gasteiger partial charge in [-0.3, -0.25) is 4.79 Å². The molecule has 0 fully saturated rings. The molecule has 2 aromatic carbocycles. The fraction of sp³-hybridized carbons (Fsp3) is 0.188. The van der Waals surface area contributed by atoms with Crippen molar-refractivity contribution >= 4 is 23.2 Å². The van der Waals surface area contributed by atoms with Crippen molar-refractivity contribution in [1.82, 2.24) is 5.32 Å². The second kappa shape index (κ2) is 6.44. The van der Waals surface area contributed by atoms with Crippen molar-refractivity contribution in [3.05, 3.63) is 64.7 Å². The minimum atomic E-state index is -0.119. The first-order valence-corrected chi connectivity index (χ1v) is 6.83. The van der Waals surface area contributed by atoms with E-state index in [9.17, 15) is 4.79 Å². The molecule has 0 aromatic heterocycles. The number of nitrogens with two attached hydrogens (primary N) is 1. The molecule has 4 heteroatoms. The number of nitrogen functional groups attached to an aromatic ring is 1. The molecular formula is C16H17ClN2O. The Kier molecular flexibility index (Phi) is 4.64. The maximum atomic E-state index is 12.1. The van der Waals surface area contributed by atoms with Gasteiger partial charge in [0.15, 0.2) is 0 Å². The van der Waals surface area contributed by atoms with Crippen LogP contribution in [-0.4, -0.2) is 11.9 Å². The van der Waals surface area contributed by atoms with Crippen molar-refractivity contribution in [3.8, 4) is 0 Å². The zero-order valence-corrected chi connectivity index (χ0v) is 12.0. The summed E-state index contributed by atoms with van der Waals surface area (Å²) < 4.78 is 0. The monoisotopic (exact) mass is 288 g/mol. The van der Waals surface area contributed by atoms with Gasteiger partial charge in [-0.1, -0.05) is 29.8 Å². The largest absolute Gasteiger partial charge is 0.399 e. The number of carbonyl (C=O) groups excluding carboxylic acids is 1. The molecule has 104 valence electrons. The molecule has 1 atom stereocenters. The minimum Gasteiger partial charge on any atom is -0.399 e. The van der Waals surface area contributed by atoms with E-state index in [-0.39, 0.29) is 11.9 Å². The van der Waals surface area contributed by atoms with E-state index in [1.54, 1.807) is 24.3 Å². The first-order chi connectivity index (χ1) is 9.54. The first kappa shape index (κ1) is 14.4. The molecule has 0 saturated heterocycles. The summed E-state index contributed by atoms with van der Waals surface area (Å²) in [6, 6.07) is 14.6. The lowest BCUT2D eigenvalue weighted by atomic mass is 10.1. The van der Waals surface area contributed by atoms with E-state index in [4.69, 9.17) is 17.3 Å². The summed E-state index contributed by atoms with van der Waals surface area (Å²) in [6.07, 6.45) is 0.731. The molecule has 0 aliphatic heterocycles. The third-order valence-corrected chi connectivity index (χ3v) is 3.19. The second-order valence-corrected chi connectivity index (χ2v) is 5.27. The van der Waals surface area contributed by atoms with Crippen molar-refractivity contribution in [2.24, 2.45) is 0 Å². The Hall–Kier alpha value is -2.00. The summed E-state index contributed by atoms with van der Waals surface area (Å²) in [5, 5.41) is 3.66. The molecule has 1 unspecified atom stereocenters. The maximum absolute atomic E-state index is 12.1. The van der Waals surface area contributed by atoms with Crippen LogP contribution >= 0.6 is 11.6 Å². The predicted octanol–water partition coefficient (Wildman–Crippen LogP) is 3.28. The Morgan fingerprint density at radius 2 is 2.00 bits per heavy atom. The predicted molar refractivity (Wildman–Crippen MR) is 82.9 cm³/mol. The zero-order valence-electron chi connectivity index (χ0n) is 11.3.